The molecular weight excluding hydrogens is 532 g/mol. The number of rotatable bonds is 4. The van der Waals surface area contributed by atoms with Gasteiger partial charge in [-0.3, -0.25) is 0 Å². The number of anilines is 1. The van der Waals surface area contributed by atoms with Gasteiger partial charge in [0.2, 0.25) is 0 Å². The van der Waals surface area contributed by atoms with Gasteiger partial charge >= 0.3 is 0 Å². The fourth-order valence-electron chi connectivity index (χ4n) is 7.38. The second kappa shape index (κ2) is 9.86. The summed E-state index contributed by atoms with van der Waals surface area (Å²) in [5, 5.41) is 2.55. The smallest absolute Gasteiger partial charge is 0.0628 e. The van der Waals surface area contributed by atoms with Gasteiger partial charge in [0, 0.05) is 38.7 Å². The Hall–Kier alpha value is -5.34. The Morgan fingerprint density at radius 2 is 1.30 bits per heavy atom. The molecule has 1 aliphatic carbocycles. The lowest BCUT2D eigenvalue weighted by atomic mass is 9.81. The number of aromatic nitrogens is 1. The van der Waals surface area contributed by atoms with E-state index >= 15 is 0 Å². The van der Waals surface area contributed by atoms with Crippen molar-refractivity contribution in [3.63, 3.8) is 0 Å². The van der Waals surface area contributed by atoms with Crippen LogP contribution in [-0.4, -0.2) is 4.57 Å². The minimum absolute atomic E-state index is 0.130. The number of hydrogen-bond donors (Lipinski definition) is 1. The van der Waals surface area contributed by atoms with Crippen molar-refractivity contribution >= 4 is 33.6 Å². The summed E-state index contributed by atoms with van der Waals surface area (Å²) < 4.78 is 2.48. The molecule has 6 aromatic carbocycles. The highest BCUT2D eigenvalue weighted by atomic mass is 15.0. The molecule has 1 aromatic heterocycles. The van der Waals surface area contributed by atoms with Crippen molar-refractivity contribution in [2.75, 3.05) is 5.73 Å². The van der Waals surface area contributed by atoms with Crippen LogP contribution < -0.4 is 5.73 Å². The van der Waals surface area contributed by atoms with Crippen LogP contribution in [0.5, 0.6) is 0 Å². The summed E-state index contributed by atoms with van der Waals surface area (Å²) in [6.07, 6.45) is 4.10. The minimum Gasteiger partial charge on any atom is -0.398 e. The third-order valence-corrected chi connectivity index (χ3v) is 9.49. The lowest BCUT2D eigenvalue weighted by molar-refractivity contribution is 0.661. The number of nitrogens with zero attached hydrogens (tertiary/aromatic N) is 1. The van der Waals surface area contributed by atoms with Gasteiger partial charge in [0.1, 0.15) is 0 Å². The summed E-state index contributed by atoms with van der Waals surface area (Å²) in [4.78, 5) is 0. The number of nitrogens with two attached hydrogens (primary N) is 1. The van der Waals surface area contributed by atoms with E-state index in [2.05, 4.69) is 152 Å². The van der Waals surface area contributed by atoms with E-state index in [9.17, 15) is 0 Å². The van der Waals surface area contributed by atoms with Gasteiger partial charge in [0.25, 0.3) is 0 Å². The first-order valence-corrected chi connectivity index (χ1v) is 15.4. The summed E-state index contributed by atoms with van der Waals surface area (Å²) in [6.45, 7) is 6.76. The molecule has 2 heteroatoms. The molecule has 0 saturated carbocycles. The van der Waals surface area contributed by atoms with Crippen molar-refractivity contribution in [1.82, 2.24) is 4.57 Å². The Kier molecular flexibility index (Phi) is 5.89. The van der Waals surface area contributed by atoms with E-state index in [0.717, 1.165) is 22.4 Å². The van der Waals surface area contributed by atoms with Crippen LogP contribution in [0.2, 0.25) is 0 Å². The minimum atomic E-state index is -0.130. The highest BCUT2D eigenvalue weighted by molar-refractivity contribution is 6.21. The topological polar surface area (TPSA) is 30.9 Å². The molecule has 2 nitrogen and oxygen atoms in total. The Balaban J connectivity index is 1.45. The third kappa shape index (κ3) is 3.74. The predicted molar refractivity (Wildman–Crippen MR) is 188 cm³/mol. The highest BCUT2D eigenvalue weighted by Gasteiger charge is 2.38. The van der Waals surface area contributed by atoms with E-state index in [-0.39, 0.29) is 5.41 Å². The molecule has 0 bridgehead atoms. The second-order valence-electron chi connectivity index (χ2n) is 12.3. The molecule has 0 unspecified atom stereocenters. The first kappa shape index (κ1) is 26.3. The summed E-state index contributed by atoms with van der Waals surface area (Å²) in [5.74, 6) is 0. The molecular formula is C42H34N2. The maximum atomic E-state index is 6.62. The Labute approximate surface area is 258 Å². The molecule has 7 aromatic rings. The number of para-hydroxylation sites is 3. The van der Waals surface area contributed by atoms with E-state index in [4.69, 9.17) is 5.73 Å². The van der Waals surface area contributed by atoms with Gasteiger partial charge in [0.15, 0.2) is 0 Å². The molecule has 0 atom stereocenters. The number of hydrogen-bond acceptors (Lipinski definition) is 1. The van der Waals surface area contributed by atoms with Crippen LogP contribution in [0.1, 0.15) is 37.5 Å². The standard InChI is InChI=1S/C42H34N2/c1-4-13-29-14-12-19-31(40(29)43)27-22-24-28(25-23-27)34-26-36-39(32-17-8-10-20-35(32)42(36,2)3)41-38(34)33-18-9-11-21-37(33)44(41)30-15-6-5-7-16-30/h4-26H,43H2,1-3H3/b13-4-. The number of allylic oxidation sites excluding steroid dienone is 1. The number of nitrogen functional groups attached to an aromatic ring is 1. The SMILES string of the molecule is C/C=C\c1cccc(-c2ccc(-c3cc4c(c5c3c3ccccc3n5-c3ccccc3)-c3ccccc3C4(C)C)cc2)c1N. The Bertz CT molecular complexity index is 2250. The fraction of sp³-hybridized carbons (Fsp3) is 0.0952. The van der Waals surface area contributed by atoms with Crippen LogP contribution in [0.3, 0.4) is 0 Å². The molecule has 44 heavy (non-hydrogen) atoms. The van der Waals surface area contributed by atoms with E-state index in [1.54, 1.807) is 0 Å². The zero-order valence-electron chi connectivity index (χ0n) is 25.3. The molecule has 0 spiro atoms. The van der Waals surface area contributed by atoms with Crippen molar-refractivity contribution in [3.8, 4) is 39.1 Å². The zero-order valence-corrected chi connectivity index (χ0v) is 25.3. The van der Waals surface area contributed by atoms with Crippen molar-refractivity contribution in [1.29, 1.82) is 0 Å². The van der Waals surface area contributed by atoms with Gasteiger partial charge in [-0.2, -0.15) is 0 Å². The van der Waals surface area contributed by atoms with Gasteiger partial charge in [-0.1, -0.05) is 129 Å². The van der Waals surface area contributed by atoms with Crippen LogP contribution >= 0.6 is 0 Å². The molecule has 1 heterocycles. The van der Waals surface area contributed by atoms with E-state index in [1.165, 1.54) is 60.9 Å². The fourth-order valence-corrected chi connectivity index (χ4v) is 7.38. The van der Waals surface area contributed by atoms with Crippen molar-refractivity contribution in [2.24, 2.45) is 0 Å². The average Bonchev–Trinajstić information content (AvgIpc) is 3.52. The van der Waals surface area contributed by atoms with E-state index in [0.29, 0.717) is 0 Å². The van der Waals surface area contributed by atoms with Crippen molar-refractivity contribution < 1.29 is 0 Å². The quantitative estimate of drug-likeness (QED) is 0.211. The molecule has 2 N–H and O–H groups in total. The monoisotopic (exact) mass is 566 g/mol. The first-order chi connectivity index (χ1) is 21.5. The molecule has 212 valence electrons. The third-order valence-electron chi connectivity index (χ3n) is 9.49. The Morgan fingerprint density at radius 3 is 2.07 bits per heavy atom. The van der Waals surface area contributed by atoms with Crippen LogP contribution in [0.4, 0.5) is 5.69 Å². The molecule has 8 rings (SSSR count). The number of benzene rings is 6. The molecule has 0 aliphatic heterocycles. The molecule has 0 fully saturated rings. The number of fused-ring (bicyclic) bond motifs is 7. The summed E-state index contributed by atoms with van der Waals surface area (Å²) in [7, 11) is 0. The van der Waals surface area contributed by atoms with E-state index < -0.39 is 0 Å². The largest absolute Gasteiger partial charge is 0.398 e. The van der Waals surface area contributed by atoms with Crippen molar-refractivity contribution in [3.05, 3.63) is 150 Å². The van der Waals surface area contributed by atoms with Crippen molar-refractivity contribution in [2.45, 2.75) is 26.2 Å². The van der Waals surface area contributed by atoms with Crippen LogP contribution in [0.15, 0.2) is 133 Å². The van der Waals surface area contributed by atoms with Crippen LogP contribution in [-0.2, 0) is 5.41 Å². The highest BCUT2D eigenvalue weighted by Crippen LogP contribution is 2.55. The summed E-state index contributed by atoms with van der Waals surface area (Å²) >= 11 is 0. The molecule has 0 saturated heterocycles. The Morgan fingerprint density at radius 1 is 0.636 bits per heavy atom. The van der Waals surface area contributed by atoms with E-state index in [1.807, 2.05) is 13.0 Å². The molecule has 1 aliphatic rings. The lowest BCUT2D eigenvalue weighted by Crippen LogP contribution is -2.15. The van der Waals surface area contributed by atoms with Crippen LogP contribution in [0.25, 0.3) is 66.9 Å². The molecule has 0 radical (unpaired) electrons. The van der Waals surface area contributed by atoms with Gasteiger partial charge < -0.3 is 10.3 Å². The van der Waals surface area contributed by atoms with Gasteiger partial charge in [0.05, 0.1) is 11.0 Å². The van der Waals surface area contributed by atoms with Gasteiger partial charge in [-0.25, -0.2) is 0 Å². The maximum Gasteiger partial charge on any atom is 0.0628 e. The summed E-state index contributed by atoms with van der Waals surface area (Å²) in [6, 6.07) is 46.3. The van der Waals surface area contributed by atoms with Crippen LogP contribution in [0, 0.1) is 0 Å². The first-order valence-electron chi connectivity index (χ1n) is 15.4. The summed E-state index contributed by atoms with van der Waals surface area (Å²) in [5.41, 5.74) is 22.1. The zero-order chi connectivity index (χ0) is 30.0. The van der Waals surface area contributed by atoms with Gasteiger partial charge in [-0.05, 0) is 70.1 Å². The molecule has 0 amide bonds. The van der Waals surface area contributed by atoms with Gasteiger partial charge in [-0.15, -0.1) is 0 Å². The lowest BCUT2D eigenvalue weighted by Gasteiger charge is -2.23. The normalized spacial score (nSPS) is 13.5. The second-order valence-corrected chi connectivity index (χ2v) is 12.3. The average molecular weight is 567 g/mol. The predicted octanol–water partition coefficient (Wildman–Crippen LogP) is 11.0. The maximum absolute atomic E-state index is 6.62.